The quantitative estimate of drug-likeness (QED) is 0.310. The third-order valence-corrected chi connectivity index (χ3v) is 5.83. The van der Waals surface area contributed by atoms with E-state index >= 15 is 0 Å². The van der Waals surface area contributed by atoms with E-state index in [1.807, 2.05) is 99.6 Å². The van der Waals surface area contributed by atoms with Crippen LogP contribution in [0.15, 0.2) is 78.9 Å². The Morgan fingerprint density at radius 1 is 0.833 bits per heavy atom. The Labute approximate surface area is 213 Å². The van der Waals surface area contributed by atoms with E-state index in [2.05, 4.69) is 5.32 Å². The summed E-state index contributed by atoms with van der Waals surface area (Å²) in [5.41, 5.74) is 2.96. The van der Waals surface area contributed by atoms with Crippen molar-refractivity contribution < 1.29 is 24.2 Å². The molecule has 0 aliphatic rings. The van der Waals surface area contributed by atoms with Crippen LogP contribution in [0.5, 0.6) is 11.5 Å². The molecule has 0 radical (unpaired) electrons. The van der Waals surface area contributed by atoms with Crippen LogP contribution in [0.4, 0.5) is 0 Å². The zero-order valence-corrected chi connectivity index (χ0v) is 21.1. The van der Waals surface area contributed by atoms with E-state index in [9.17, 15) is 14.7 Å². The first-order valence-electron chi connectivity index (χ1n) is 12.3. The maximum atomic E-state index is 12.7. The molecule has 0 aliphatic carbocycles. The lowest BCUT2D eigenvalue weighted by Gasteiger charge is -2.20. The molecule has 3 aromatic rings. The van der Waals surface area contributed by atoms with E-state index in [0.29, 0.717) is 31.1 Å². The molecule has 0 aliphatic heterocycles. The van der Waals surface area contributed by atoms with E-state index < -0.39 is 12.0 Å². The van der Waals surface area contributed by atoms with Crippen LogP contribution in [-0.4, -0.2) is 23.0 Å². The number of hydrogen-bond acceptors (Lipinski definition) is 4. The standard InChI is InChI=1S/C30H35NO5/c1-21(2)16-27(30(33)34)31-29(32)17-22(3)26-15-14-25(35-19-23-10-6-4-7-11-23)18-28(26)36-20-24-12-8-5-9-13-24/h4-15,18,21-22,27H,16-17,19-20H2,1-3H3,(H,31,32)(H,33,34). The Morgan fingerprint density at radius 2 is 1.42 bits per heavy atom. The van der Waals surface area contributed by atoms with Crippen molar-refractivity contribution >= 4 is 11.9 Å². The third kappa shape index (κ3) is 8.45. The minimum absolute atomic E-state index is 0.147. The van der Waals surface area contributed by atoms with Crippen LogP contribution < -0.4 is 14.8 Å². The Morgan fingerprint density at radius 3 is 1.97 bits per heavy atom. The number of nitrogens with one attached hydrogen (secondary N) is 1. The second-order valence-electron chi connectivity index (χ2n) is 9.44. The molecule has 2 atom stereocenters. The summed E-state index contributed by atoms with van der Waals surface area (Å²) in [5.74, 6) is -0.0324. The largest absolute Gasteiger partial charge is 0.489 e. The molecule has 3 aromatic carbocycles. The van der Waals surface area contributed by atoms with E-state index in [1.165, 1.54) is 0 Å². The number of carbonyl (C=O) groups is 2. The lowest BCUT2D eigenvalue weighted by Crippen LogP contribution is -2.41. The summed E-state index contributed by atoms with van der Waals surface area (Å²) in [4.78, 5) is 24.3. The number of aliphatic carboxylic acids is 1. The molecule has 0 saturated heterocycles. The first-order valence-corrected chi connectivity index (χ1v) is 12.3. The molecule has 3 rings (SSSR count). The topological polar surface area (TPSA) is 84.9 Å². The molecule has 0 heterocycles. The van der Waals surface area contributed by atoms with E-state index in [-0.39, 0.29) is 24.2 Å². The molecule has 190 valence electrons. The first kappa shape index (κ1) is 26.8. The van der Waals surface area contributed by atoms with Crippen LogP contribution in [0.1, 0.15) is 56.2 Å². The van der Waals surface area contributed by atoms with Crippen LogP contribution >= 0.6 is 0 Å². The van der Waals surface area contributed by atoms with Crippen molar-refractivity contribution in [2.75, 3.05) is 0 Å². The summed E-state index contributed by atoms with van der Waals surface area (Å²) in [7, 11) is 0. The van der Waals surface area contributed by atoms with Gasteiger partial charge in [0.05, 0.1) is 0 Å². The minimum atomic E-state index is -1.02. The summed E-state index contributed by atoms with van der Waals surface area (Å²) in [5, 5.41) is 12.1. The molecular weight excluding hydrogens is 454 g/mol. The van der Waals surface area contributed by atoms with Gasteiger partial charge >= 0.3 is 5.97 Å². The third-order valence-electron chi connectivity index (χ3n) is 5.83. The van der Waals surface area contributed by atoms with Gasteiger partial charge in [0, 0.05) is 12.5 Å². The second kappa shape index (κ2) is 13.3. The molecule has 36 heavy (non-hydrogen) atoms. The Kier molecular flexibility index (Phi) is 9.92. The SMILES string of the molecule is CC(C)CC(NC(=O)CC(C)c1ccc(OCc2ccccc2)cc1OCc1ccccc1)C(=O)O. The average molecular weight is 490 g/mol. The predicted molar refractivity (Wildman–Crippen MR) is 140 cm³/mol. The minimum Gasteiger partial charge on any atom is -0.489 e. The Hall–Kier alpha value is -3.80. The molecule has 6 heteroatoms. The van der Waals surface area contributed by atoms with Gasteiger partial charge in [-0.2, -0.15) is 0 Å². The zero-order valence-electron chi connectivity index (χ0n) is 21.1. The van der Waals surface area contributed by atoms with Gasteiger partial charge in [-0.25, -0.2) is 4.79 Å². The summed E-state index contributed by atoms with van der Waals surface area (Å²) in [6, 6.07) is 24.5. The van der Waals surface area contributed by atoms with Gasteiger partial charge in [0.2, 0.25) is 5.91 Å². The number of carbonyl (C=O) groups excluding carboxylic acids is 1. The molecule has 6 nitrogen and oxygen atoms in total. The van der Waals surface area contributed by atoms with Gasteiger partial charge in [-0.05, 0) is 41.0 Å². The van der Waals surface area contributed by atoms with Gasteiger partial charge in [0.15, 0.2) is 0 Å². The molecule has 0 spiro atoms. The van der Waals surface area contributed by atoms with Crippen molar-refractivity contribution in [3.8, 4) is 11.5 Å². The van der Waals surface area contributed by atoms with E-state index in [4.69, 9.17) is 9.47 Å². The number of ether oxygens (including phenoxy) is 2. The van der Waals surface area contributed by atoms with Gasteiger partial charge in [0.25, 0.3) is 0 Å². The fourth-order valence-electron chi connectivity index (χ4n) is 3.95. The molecule has 0 aromatic heterocycles. The van der Waals surface area contributed by atoms with Crippen LogP contribution in [-0.2, 0) is 22.8 Å². The predicted octanol–water partition coefficient (Wildman–Crippen LogP) is 5.95. The lowest BCUT2D eigenvalue weighted by molar-refractivity contribution is -0.142. The maximum Gasteiger partial charge on any atom is 0.326 e. The molecule has 0 bridgehead atoms. The van der Waals surface area contributed by atoms with Gasteiger partial charge in [-0.1, -0.05) is 87.5 Å². The number of hydrogen-bond donors (Lipinski definition) is 2. The molecule has 2 unspecified atom stereocenters. The monoisotopic (exact) mass is 489 g/mol. The first-order chi connectivity index (χ1) is 17.3. The van der Waals surface area contributed by atoms with Crippen molar-refractivity contribution in [3.05, 3.63) is 95.6 Å². The fraction of sp³-hybridized carbons (Fsp3) is 0.333. The van der Waals surface area contributed by atoms with Crippen LogP contribution in [0, 0.1) is 5.92 Å². The zero-order chi connectivity index (χ0) is 25.9. The normalized spacial score (nSPS) is 12.6. The average Bonchev–Trinajstić information content (AvgIpc) is 2.86. The highest BCUT2D eigenvalue weighted by Crippen LogP contribution is 2.33. The van der Waals surface area contributed by atoms with Crippen molar-refractivity contribution in [2.45, 2.75) is 58.8 Å². The molecule has 2 N–H and O–H groups in total. The number of rotatable bonds is 13. The summed E-state index contributed by atoms with van der Waals surface area (Å²) >= 11 is 0. The smallest absolute Gasteiger partial charge is 0.326 e. The van der Waals surface area contributed by atoms with Gasteiger partial charge in [-0.3, -0.25) is 4.79 Å². The number of amides is 1. The van der Waals surface area contributed by atoms with Gasteiger partial charge in [0.1, 0.15) is 30.8 Å². The Bertz CT molecular complexity index is 1110. The second-order valence-corrected chi connectivity index (χ2v) is 9.44. The maximum absolute atomic E-state index is 12.7. The van der Waals surface area contributed by atoms with Gasteiger partial charge < -0.3 is 19.9 Å². The van der Waals surface area contributed by atoms with Crippen LogP contribution in [0.25, 0.3) is 0 Å². The molecule has 1 amide bonds. The summed E-state index contributed by atoms with van der Waals surface area (Å²) in [6.45, 7) is 6.62. The highest BCUT2D eigenvalue weighted by molar-refractivity contribution is 5.84. The van der Waals surface area contributed by atoms with Crippen LogP contribution in [0.2, 0.25) is 0 Å². The number of benzene rings is 3. The van der Waals surface area contributed by atoms with Crippen molar-refractivity contribution in [1.82, 2.24) is 5.32 Å². The molecule has 0 saturated carbocycles. The molecular formula is C30H35NO5. The van der Waals surface area contributed by atoms with Crippen molar-refractivity contribution in [1.29, 1.82) is 0 Å². The van der Waals surface area contributed by atoms with Gasteiger partial charge in [-0.15, -0.1) is 0 Å². The lowest BCUT2D eigenvalue weighted by atomic mass is 9.95. The van der Waals surface area contributed by atoms with Crippen LogP contribution in [0.3, 0.4) is 0 Å². The number of carboxylic acids is 1. The number of carboxylic acid groups (broad SMARTS) is 1. The highest BCUT2D eigenvalue weighted by atomic mass is 16.5. The summed E-state index contributed by atoms with van der Waals surface area (Å²) in [6.07, 6.45) is 0.530. The fourth-order valence-corrected chi connectivity index (χ4v) is 3.95. The van der Waals surface area contributed by atoms with E-state index in [1.54, 1.807) is 0 Å². The van der Waals surface area contributed by atoms with Crippen molar-refractivity contribution in [3.63, 3.8) is 0 Å². The molecule has 0 fully saturated rings. The Balaban J connectivity index is 1.74. The summed E-state index contributed by atoms with van der Waals surface area (Å²) < 4.78 is 12.2. The highest BCUT2D eigenvalue weighted by Gasteiger charge is 2.23. The van der Waals surface area contributed by atoms with E-state index in [0.717, 1.165) is 16.7 Å². The van der Waals surface area contributed by atoms with Crippen molar-refractivity contribution in [2.24, 2.45) is 5.92 Å².